The van der Waals surface area contributed by atoms with Crippen LogP contribution < -0.4 is 5.32 Å². The van der Waals surface area contributed by atoms with Crippen LogP contribution in [0.5, 0.6) is 0 Å². The molecule has 4 heteroatoms. The normalized spacial score (nSPS) is 22.7. The predicted octanol–water partition coefficient (Wildman–Crippen LogP) is 1.93. The second-order valence-electron chi connectivity index (χ2n) is 4.29. The van der Waals surface area contributed by atoms with E-state index in [1.165, 1.54) is 35.7 Å². The van der Waals surface area contributed by atoms with Gasteiger partial charge in [0.25, 0.3) is 0 Å². The smallest absolute Gasteiger partial charge is 0.143 e. The minimum atomic E-state index is 0.639. The molecule has 0 amide bonds. The second kappa shape index (κ2) is 4.18. The average molecular weight is 224 g/mol. The van der Waals surface area contributed by atoms with Crippen LogP contribution in [0.15, 0.2) is 4.52 Å². The topological polar surface area (TPSA) is 38.1 Å². The summed E-state index contributed by atoms with van der Waals surface area (Å²) in [5.41, 5.74) is 2.56. The fourth-order valence-corrected chi connectivity index (χ4v) is 3.57. The second-order valence-corrected chi connectivity index (χ2v) is 5.51. The maximum Gasteiger partial charge on any atom is 0.143 e. The van der Waals surface area contributed by atoms with Gasteiger partial charge in [-0.15, -0.1) is 0 Å². The van der Waals surface area contributed by atoms with Gasteiger partial charge in [-0.05, 0) is 37.3 Å². The van der Waals surface area contributed by atoms with E-state index in [1.807, 2.05) is 0 Å². The number of fused-ring (bicyclic) bond motifs is 1. The number of aromatic nitrogens is 1. The molecule has 0 saturated carbocycles. The molecule has 82 valence electrons. The molecule has 0 bridgehead atoms. The number of hydrogen-bond acceptors (Lipinski definition) is 4. The minimum absolute atomic E-state index is 0.639. The van der Waals surface area contributed by atoms with Crippen molar-refractivity contribution in [2.24, 2.45) is 0 Å². The first kappa shape index (κ1) is 9.73. The molecule has 0 aromatic carbocycles. The van der Waals surface area contributed by atoms with Gasteiger partial charge in [0.2, 0.25) is 0 Å². The maximum absolute atomic E-state index is 5.56. The van der Waals surface area contributed by atoms with Crippen LogP contribution in [-0.2, 0) is 13.0 Å². The van der Waals surface area contributed by atoms with E-state index in [1.54, 1.807) is 0 Å². The highest BCUT2D eigenvalue weighted by atomic mass is 32.2. The lowest BCUT2D eigenvalue weighted by atomic mass is 9.93. The Kier molecular flexibility index (Phi) is 2.71. The molecular formula is C11H16N2OS. The molecule has 1 aromatic heterocycles. The number of thioether (sulfide) groups is 1. The quantitative estimate of drug-likeness (QED) is 0.791. The molecule has 2 aliphatic rings. The van der Waals surface area contributed by atoms with Crippen LogP contribution in [0.3, 0.4) is 0 Å². The molecule has 0 spiro atoms. The van der Waals surface area contributed by atoms with Gasteiger partial charge in [-0.2, -0.15) is 11.8 Å². The monoisotopic (exact) mass is 224 g/mol. The van der Waals surface area contributed by atoms with Gasteiger partial charge in [-0.3, -0.25) is 0 Å². The maximum atomic E-state index is 5.56. The van der Waals surface area contributed by atoms with E-state index in [9.17, 15) is 0 Å². The van der Waals surface area contributed by atoms with E-state index in [2.05, 4.69) is 22.2 Å². The SMILES string of the molecule is C1Cc2c(noc2C2CCSCC2)CN1. The number of hydrogen-bond donors (Lipinski definition) is 1. The van der Waals surface area contributed by atoms with Gasteiger partial charge < -0.3 is 9.84 Å². The standard InChI is InChI=1S/C11H16N2OS/c1-4-12-7-10-9(1)11(14-13-10)8-2-5-15-6-3-8/h8,12H,1-7H2. The molecule has 3 rings (SSSR count). The lowest BCUT2D eigenvalue weighted by Crippen LogP contribution is -2.24. The van der Waals surface area contributed by atoms with Gasteiger partial charge in [0.15, 0.2) is 0 Å². The van der Waals surface area contributed by atoms with Crippen molar-refractivity contribution in [1.29, 1.82) is 0 Å². The lowest BCUT2D eigenvalue weighted by Gasteiger charge is -2.20. The van der Waals surface area contributed by atoms with Gasteiger partial charge in [0.1, 0.15) is 11.5 Å². The summed E-state index contributed by atoms with van der Waals surface area (Å²) >= 11 is 2.06. The molecule has 1 N–H and O–H groups in total. The third-order valence-corrected chi connectivity index (χ3v) is 4.39. The highest BCUT2D eigenvalue weighted by Crippen LogP contribution is 2.35. The fraction of sp³-hybridized carbons (Fsp3) is 0.727. The molecular weight excluding hydrogens is 208 g/mol. The molecule has 0 atom stereocenters. The molecule has 15 heavy (non-hydrogen) atoms. The molecule has 0 radical (unpaired) electrons. The molecule has 0 aliphatic carbocycles. The van der Waals surface area contributed by atoms with Crippen LogP contribution in [0.1, 0.15) is 35.8 Å². The van der Waals surface area contributed by atoms with Crippen LogP contribution in [0, 0.1) is 0 Å². The average Bonchev–Trinajstić information content (AvgIpc) is 2.74. The van der Waals surface area contributed by atoms with Gasteiger partial charge in [-0.1, -0.05) is 5.16 Å². The van der Waals surface area contributed by atoms with E-state index < -0.39 is 0 Å². The highest BCUT2D eigenvalue weighted by Gasteiger charge is 2.26. The van der Waals surface area contributed by atoms with Crippen LogP contribution in [0.25, 0.3) is 0 Å². The fourth-order valence-electron chi connectivity index (χ4n) is 2.46. The molecule has 1 fully saturated rings. The van der Waals surface area contributed by atoms with Crippen LogP contribution in [0.2, 0.25) is 0 Å². The summed E-state index contributed by atoms with van der Waals surface area (Å²) in [6, 6.07) is 0. The number of rotatable bonds is 1. The third-order valence-electron chi connectivity index (χ3n) is 3.34. The summed E-state index contributed by atoms with van der Waals surface area (Å²) in [6.07, 6.45) is 3.62. The third kappa shape index (κ3) is 1.81. The molecule has 2 aliphatic heterocycles. The Balaban J connectivity index is 1.87. The Morgan fingerprint density at radius 3 is 3.07 bits per heavy atom. The van der Waals surface area contributed by atoms with E-state index in [-0.39, 0.29) is 0 Å². The van der Waals surface area contributed by atoms with Crippen LogP contribution >= 0.6 is 11.8 Å². The van der Waals surface area contributed by atoms with Crippen molar-refractivity contribution >= 4 is 11.8 Å². The highest BCUT2D eigenvalue weighted by molar-refractivity contribution is 7.99. The molecule has 3 heterocycles. The van der Waals surface area contributed by atoms with Crippen molar-refractivity contribution in [3.05, 3.63) is 17.0 Å². The zero-order valence-electron chi connectivity index (χ0n) is 8.79. The summed E-state index contributed by atoms with van der Waals surface area (Å²) < 4.78 is 5.56. The van der Waals surface area contributed by atoms with Crippen molar-refractivity contribution in [1.82, 2.24) is 10.5 Å². The van der Waals surface area contributed by atoms with Gasteiger partial charge in [0.05, 0.1) is 0 Å². The zero-order valence-corrected chi connectivity index (χ0v) is 9.61. The molecule has 1 aromatic rings. The van der Waals surface area contributed by atoms with Crippen molar-refractivity contribution in [3.63, 3.8) is 0 Å². The van der Waals surface area contributed by atoms with Crippen molar-refractivity contribution in [3.8, 4) is 0 Å². The summed E-state index contributed by atoms with van der Waals surface area (Å²) in [7, 11) is 0. The number of nitrogens with one attached hydrogen (secondary N) is 1. The van der Waals surface area contributed by atoms with Crippen molar-refractivity contribution in [2.45, 2.75) is 31.7 Å². The zero-order chi connectivity index (χ0) is 10.1. The van der Waals surface area contributed by atoms with Crippen molar-refractivity contribution < 1.29 is 4.52 Å². The summed E-state index contributed by atoms with van der Waals surface area (Å²) in [5, 5.41) is 7.52. The van der Waals surface area contributed by atoms with Gasteiger partial charge in [-0.25, -0.2) is 0 Å². The first-order valence-electron chi connectivity index (χ1n) is 5.71. The summed E-state index contributed by atoms with van der Waals surface area (Å²) in [4.78, 5) is 0. The van der Waals surface area contributed by atoms with Gasteiger partial charge in [0, 0.05) is 18.0 Å². The largest absolute Gasteiger partial charge is 0.360 e. The van der Waals surface area contributed by atoms with E-state index in [0.717, 1.165) is 25.2 Å². The summed E-state index contributed by atoms with van der Waals surface area (Å²) in [5.74, 6) is 4.39. The Labute approximate surface area is 94.0 Å². The van der Waals surface area contributed by atoms with E-state index in [4.69, 9.17) is 4.52 Å². The Morgan fingerprint density at radius 1 is 1.33 bits per heavy atom. The lowest BCUT2D eigenvalue weighted by molar-refractivity contribution is 0.347. The van der Waals surface area contributed by atoms with Gasteiger partial charge >= 0.3 is 0 Å². The minimum Gasteiger partial charge on any atom is -0.360 e. The van der Waals surface area contributed by atoms with Crippen LogP contribution in [0.4, 0.5) is 0 Å². The summed E-state index contributed by atoms with van der Waals surface area (Å²) in [6.45, 7) is 1.96. The molecule has 1 saturated heterocycles. The van der Waals surface area contributed by atoms with Crippen LogP contribution in [-0.4, -0.2) is 23.2 Å². The first-order valence-corrected chi connectivity index (χ1v) is 6.86. The van der Waals surface area contributed by atoms with Crippen molar-refractivity contribution in [2.75, 3.05) is 18.1 Å². The van der Waals surface area contributed by atoms with E-state index >= 15 is 0 Å². The number of nitrogens with zero attached hydrogens (tertiary/aromatic N) is 1. The Morgan fingerprint density at radius 2 is 2.20 bits per heavy atom. The molecule has 3 nitrogen and oxygen atoms in total. The Bertz CT molecular complexity index is 344. The molecule has 0 unspecified atom stereocenters. The Hall–Kier alpha value is -0.480. The first-order chi connectivity index (χ1) is 7.45. The van der Waals surface area contributed by atoms with E-state index in [0.29, 0.717) is 5.92 Å². The predicted molar refractivity (Wildman–Crippen MR) is 61.2 cm³/mol.